The molecule has 2 aromatic rings. The van der Waals surface area contributed by atoms with Gasteiger partial charge in [-0.25, -0.2) is 0 Å². The van der Waals surface area contributed by atoms with Crippen LogP contribution in [0.25, 0.3) is 0 Å². The molecule has 1 heterocycles. The number of hydrogen-bond acceptors (Lipinski definition) is 3. The summed E-state index contributed by atoms with van der Waals surface area (Å²) in [5, 5.41) is 3.46. The standard InChI is InChI=1S/C21H21ClN2O3/c1-14(25)15-6-10-19(11-7-15)23-20(26)17-3-2-12-24(13-17)21(27)16-4-8-18(22)9-5-16/h4-11,17H,2-3,12-13H2,1H3,(H,23,26). The van der Waals surface area contributed by atoms with Crippen molar-refractivity contribution in [3.63, 3.8) is 0 Å². The summed E-state index contributed by atoms with van der Waals surface area (Å²) in [7, 11) is 0. The number of rotatable bonds is 4. The van der Waals surface area contributed by atoms with Gasteiger partial charge in [-0.3, -0.25) is 14.4 Å². The fourth-order valence-corrected chi connectivity index (χ4v) is 3.31. The molecule has 0 aliphatic carbocycles. The molecular formula is C21H21ClN2O3. The number of likely N-dealkylation sites (tertiary alicyclic amines) is 1. The van der Waals surface area contributed by atoms with Gasteiger partial charge in [0.15, 0.2) is 5.78 Å². The number of amides is 2. The van der Waals surface area contributed by atoms with Gasteiger partial charge in [0.1, 0.15) is 0 Å². The maximum absolute atomic E-state index is 12.7. The number of ketones is 1. The van der Waals surface area contributed by atoms with Crippen LogP contribution in [0.1, 0.15) is 40.5 Å². The minimum Gasteiger partial charge on any atom is -0.338 e. The lowest BCUT2D eigenvalue weighted by molar-refractivity contribution is -0.121. The number of anilines is 1. The maximum Gasteiger partial charge on any atom is 0.253 e. The molecule has 27 heavy (non-hydrogen) atoms. The van der Waals surface area contributed by atoms with E-state index in [1.807, 2.05) is 0 Å². The second-order valence-electron chi connectivity index (χ2n) is 6.72. The number of benzene rings is 2. The summed E-state index contributed by atoms with van der Waals surface area (Å²) < 4.78 is 0. The molecule has 1 saturated heterocycles. The molecule has 0 aromatic heterocycles. The second-order valence-corrected chi connectivity index (χ2v) is 7.16. The highest BCUT2D eigenvalue weighted by molar-refractivity contribution is 6.30. The lowest BCUT2D eigenvalue weighted by Crippen LogP contribution is -2.43. The summed E-state index contributed by atoms with van der Waals surface area (Å²) >= 11 is 5.87. The number of Topliss-reactive ketones (excluding diaryl/α,β-unsaturated/α-hetero) is 1. The average molecular weight is 385 g/mol. The first-order valence-corrected chi connectivity index (χ1v) is 9.28. The molecule has 0 bridgehead atoms. The van der Waals surface area contributed by atoms with Gasteiger partial charge in [-0.05, 0) is 68.3 Å². The topological polar surface area (TPSA) is 66.5 Å². The molecule has 1 aliphatic rings. The summed E-state index contributed by atoms with van der Waals surface area (Å²) in [6, 6.07) is 13.6. The molecule has 0 radical (unpaired) electrons. The molecule has 0 spiro atoms. The van der Waals surface area contributed by atoms with E-state index in [9.17, 15) is 14.4 Å². The van der Waals surface area contributed by atoms with Crippen LogP contribution in [0.5, 0.6) is 0 Å². The van der Waals surface area contributed by atoms with Crippen LogP contribution in [0.4, 0.5) is 5.69 Å². The monoisotopic (exact) mass is 384 g/mol. The Labute approximate surface area is 163 Å². The molecule has 1 fully saturated rings. The van der Waals surface area contributed by atoms with E-state index in [1.54, 1.807) is 53.4 Å². The Balaban J connectivity index is 1.63. The lowest BCUT2D eigenvalue weighted by Gasteiger charge is -2.32. The third-order valence-electron chi connectivity index (χ3n) is 4.73. The molecule has 0 saturated carbocycles. The Hall–Kier alpha value is -2.66. The van der Waals surface area contributed by atoms with E-state index in [-0.39, 0.29) is 23.5 Å². The molecule has 6 heteroatoms. The van der Waals surface area contributed by atoms with Gasteiger partial charge in [-0.15, -0.1) is 0 Å². The van der Waals surface area contributed by atoms with Crippen molar-refractivity contribution in [1.82, 2.24) is 4.90 Å². The number of halogens is 1. The molecule has 140 valence electrons. The number of hydrogen-bond donors (Lipinski definition) is 1. The minimum atomic E-state index is -0.262. The first-order chi connectivity index (χ1) is 12.9. The molecule has 1 unspecified atom stereocenters. The summed E-state index contributed by atoms with van der Waals surface area (Å²) in [6.45, 7) is 2.53. The summed E-state index contributed by atoms with van der Waals surface area (Å²) in [4.78, 5) is 38.3. The Kier molecular flexibility index (Phi) is 5.91. The zero-order valence-corrected chi connectivity index (χ0v) is 15.8. The number of nitrogens with zero attached hydrogens (tertiary/aromatic N) is 1. The van der Waals surface area contributed by atoms with Crippen molar-refractivity contribution in [3.8, 4) is 0 Å². The van der Waals surface area contributed by atoms with Crippen LogP contribution in [0.2, 0.25) is 5.02 Å². The van der Waals surface area contributed by atoms with Crippen LogP contribution in [-0.4, -0.2) is 35.6 Å². The molecular weight excluding hydrogens is 364 g/mol. The van der Waals surface area contributed by atoms with Crippen LogP contribution in [0.3, 0.4) is 0 Å². The number of carbonyl (C=O) groups is 3. The van der Waals surface area contributed by atoms with Crippen LogP contribution < -0.4 is 5.32 Å². The predicted molar refractivity (Wildman–Crippen MR) is 105 cm³/mol. The number of carbonyl (C=O) groups excluding carboxylic acids is 3. The molecule has 2 aromatic carbocycles. The summed E-state index contributed by atoms with van der Waals surface area (Å²) in [5.74, 6) is -0.479. The first kappa shape index (κ1) is 19.1. The Morgan fingerprint density at radius 3 is 2.26 bits per heavy atom. The van der Waals surface area contributed by atoms with E-state index < -0.39 is 0 Å². The van der Waals surface area contributed by atoms with Gasteiger partial charge >= 0.3 is 0 Å². The number of piperidine rings is 1. The highest BCUT2D eigenvalue weighted by Gasteiger charge is 2.29. The van der Waals surface area contributed by atoms with E-state index in [4.69, 9.17) is 11.6 Å². The van der Waals surface area contributed by atoms with Crippen molar-refractivity contribution in [1.29, 1.82) is 0 Å². The zero-order chi connectivity index (χ0) is 19.4. The van der Waals surface area contributed by atoms with Gasteiger partial charge in [-0.1, -0.05) is 11.6 Å². The quantitative estimate of drug-likeness (QED) is 0.809. The zero-order valence-electron chi connectivity index (χ0n) is 15.1. The van der Waals surface area contributed by atoms with E-state index in [1.165, 1.54) is 6.92 Å². The van der Waals surface area contributed by atoms with Gasteiger partial charge in [0.05, 0.1) is 5.92 Å². The van der Waals surface area contributed by atoms with Gasteiger partial charge in [-0.2, -0.15) is 0 Å². The van der Waals surface area contributed by atoms with Crippen molar-refractivity contribution >= 4 is 34.9 Å². The largest absolute Gasteiger partial charge is 0.338 e. The number of nitrogens with one attached hydrogen (secondary N) is 1. The molecule has 1 N–H and O–H groups in total. The van der Waals surface area contributed by atoms with Gasteiger partial charge < -0.3 is 10.2 Å². The van der Waals surface area contributed by atoms with Crippen LogP contribution in [-0.2, 0) is 4.79 Å². The fraction of sp³-hybridized carbons (Fsp3) is 0.286. The fourth-order valence-electron chi connectivity index (χ4n) is 3.18. The molecule has 5 nitrogen and oxygen atoms in total. The van der Waals surface area contributed by atoms with Crippen LogP contribution in [0, 0.1) is 5.92 Å². The highest BCUT2D eigenvalue weighted by Crippen LogP contribution is 2.21. The maximum atomic E-state index is 12.7. The van der Waals surface area contributed by atoms with Crippen molar-refractivity contribution in [3.05, 3.63) is 64.7 Å². The lowest BCUT2D eigenvalue weighted by atomic mass is 9.96. The normalized spacial score (nSPS) is 16.7. The first-order valence-electron chi connectivity index (χ1n) is 8.91. The van der Waals surface area contributed by atoms with Crippen molar-refractivity contribution in [2.45, 2.75) is 19.8 Å². The Morgan fingerprint density at radius 1 is 1.00 bits per heavy atom. The van der Waals surface area contributed by atoms with E-state index in [2.05, 4.69) is 5.32 Å². The highest BCUT2D eigenvalue weighted by atomic mass is 35.5. The Morgan fingerprint density at radius 2 is 1.63 bits per heavy atom. The second kappa shape index (κ2) is 8.35. The third-order valence-corrected chi connectivity index (χ3v) is 4.98. The van der Waals surface area contributed by atoms with Crippen molar-refractivity contribution < 1.29 is 14.4 Å². The molecule has 3 rings (SSSR count). The van der Waals surface area contributed by atoms with E-state index in [0.29, 0.717) is 34.9 Å². The SMILES string of the molecule is CC(=O)c1ccc(NC(=O)C2CCCN(C(=O)c3ccc(Cl)cc3)C2)cc1. The minimum absolute atomic E-state index is 0.0171. The summed E-state index contributed by atoms with van der Waals surface area (Å²) in [6.07, 6.45) is 1.52. The van der Waals surface area contributed by atoms with Crippen molar-refractivity contribution in [2.24, 2.45) is 5.92 Å². The third kappa shape index (κ3) is 4.74. The Bertz CT molecular complexity index is 847. The van der Waals surface area contributed by atoms with Gasteiger partial charge in [0, 0.05) is 34.9 Å². The molecule has 1 aliphatic heterocycles. The van der Waals surface area contributed by atoms with Crippen LogP contribution >= 0.6 is 11.6 Å². The predicted octanol–water partition coefficient (Wildman–Crippen LogP) is 4.03. The van der Waals surface area contributed by atoms with E-state index >= 15 is 0 Å². The summed E-state index contributed by atoms with van der Waals surface area (Å²) in [5.41, 5.74) is 1.82. The van der Waals surface area contributed by atoms with Crippen molar-refractivity contribution in [2.75, 3.05) is 18.4 Å². The van der Waals surface area contributed by atoms with Gasteiger partial charge in [0.2, 0.25) is 5.91 Å². The molecule has 1 atom stereocenters. The van der Waals surface area contributed by atoms with Crippen LogP contribution in [0.15, 0.2) is 48.5 Å². The van der Waals surface area contributed by atoms with Gasteiger partial charge in [0.25, 0.3) is 5.91 Å². The smallest absolute Gasteiger partial charge is 0.253 e. The van der Waals surface area contributed by atoms with E-state index in [0.717, 1.165) is 12.8 Å². The molecule has 2 amide bonds. The average Bonchev–Trinajstić information content (AvgIpc) is 2.68.